The van der Waals surface area contributed by atoms with Gasteiger partial charge in [0.2, 0.25) is 5.91 Å². The molecule has 2 aliphatic heterocycles. The third-order valence-corrected chi connectivity index (χ3v) is 5.08. The molecule has 0 bridgehead atoms. The Bertz CT molecular complexity index is 517. The molecule has 0 unspecified atom stereocenters. The SMILES string of the molecule is O=C(CCCCc1ccccc1)N1C[C@H](O)[C@@H](N2CCOCC2)C1. The average molecular weight is 332 g/mol. The Morgan fingerprint density at radius 2 is 1.88 bits per heavy atom. The van der Waals surface area contributed by atoms with E-state index < -0.39 is 6.10 Å². The molecule has 0 radical (unpaired) electrons. The van der Waals surface area contributed by atoms with Crippen LogP contribution in [-0.2, 0) is 16.0 Å². The number of hydrogen-bond donors (Lipinski definition) is 1. The second-order valence-corrected chi connectivity index (χ2v) is 6.77. The van der Waals surface area contributed by atoms with Crippen LogP contribution in [0.15, 0.2) is 30.3 Å². The Kier molecular flexibility index (Phi) is 6.24. The fourth-order valence-corrected chi connectivity index (χ4v) is 3.65. The molecule has 0 spiro atoms. The summed E-state index contributed by atoms with van der Waals surface area (Å²) in [5, 5.41) is 10.3. The summed E-state index contributed by atoms with van der Waals surface area (Å²) < 4.78 is 5.37. The van der Waals surface area contributed by atoms with Gasteiger partial charge in [-0.05, 0) is 24.8 Å². The summed E-state index contributed by atoms with van der Waals surface area (Å²) in [6.07, 6.45) is 3.10. The van der Waals surface area contributed by atoms with Crippen molar-refractivity contribution in [1.29, 1.82) is 0 Å². The summed E-state index contributed by atoms with van der Waals surface area (Å²) in [4.78, 5) is 16.5. The van der Waals surface area contributed by atoms with Gasteiger partial charge < -0.3 is 14.7 Å². The molecule has 5 nitrogen and oxygen atoms in total. The molecule has 0 aliphatic carbocycles. The number of rotatable bonds is 6. The van der Waals surface area contributed by atoms with Crippen LogP contribution in [0.3, 0.4) is 0 Å². The number of β-amino-alcohol motifs (C(OH)–C–C–N with tert-alkyl or cyclic N) is 1. The van der Waals surface area contributed by atoms with Gasteiger partial charge in [0.15, 0.2) is 0 Å². The van der Waals surface area contributed by atoms with Crippen LogP contribution in [0.2, 0.25) is 0 Å². The van der Waals surface area contributed by atoms with E-state index in [1.165, 1.54) is 5.56 Å². The molecule has 2 atom stereocenters. The van der Waals surface area contributed by atoms with E-state index in [9.17, 15) is 9.90 Å². The van der Waals surface area contributed by atoms with Crippen molar-refractivity contribution in [3.8, 4) is 0 Å². The summed E-state index contributed by atoms with van der Waals surface area (Å²) >= 11 is 0. The number of ether oxygens (including phenoxy) is 1. The van der Waals surface area contributed by atoms with Gasteiger partial charge in [0.25, 0.3) is 0 Å². The van der Waals surface area contributed by atoms with Crippen LogP contribution in [0.1, 0.15) is 24.8 Å². The minimum absolute atomic E-state index is 0.0715. The van der Waals surface area contributed by atoms with Crippen LogP contribution in [0.25, 0.3) is 0 Å². The van der Waals surface area contributed by atoms with Crippen LogP contribution in [0, 0.1) is 0 Å². The summed E-state index contributed by atoms with van der Waals surface area (Å²) in [6.45, 7) is 4.26. The van der Waals surface area contributed by atoms with Crippen LogP contribution in [0.5, 0.6) is 0 Å². The summed E-state index contributed by atoms with van der Waals surface area (Å²) in [5.41, 5.74) is 1.33. The Hall–Kier alpha value is -1.43. The molecule has 2 aliphatic rings. The Morgan fingerprint density at radius 1 is 1.12 bits per heavy atom. The fraction of sp³-hybridized carbons (Fsp3) is 0.632. The third kappa shape index (κ3) is 4.56. The molecule has 1 amide bonds. The van der Waals surface area contributed by atoms with Crippen molar-refractivity contribution in [2.75, 3.05) is 39.4 Å². The lowest BCUT2D eigenvalue weighted by Gasteiger charge is -2.33. The molecule has 2 heterocycles. The van der Waals surface area contributed by atoms with Crippen molar-refractivity contribution in [2.24, 2.45) is 0 Å². The number of unbranched alkanes of at least 4 members (excludes halogenated alkanes) is 1. The molecule has 24 heavy (non-hydrogen) atoms. The molecule has 3 rings (SSSR count). The number of carbonyl (C=O) groups excluding carboxylic acids is 1. The highest BCUT2D eigenvalue weighted by Gasteiger charge is 2.37. The number of amides is 1. The third-order valence-electron chi connectivity index (χ3n) is 5.08. The zero-order valence-electron chi connectivity index (χ0n) is 14.3. The maximum atomic E-state index is 12.4. The van der Waals surface area contributed by atoms with E-state index in [2.05, 4.69) is 29.2 Å². The van der Waals surface area contributed by atoms with Gasteiger partial charge in [-0.15, -0.1) is 0 Å². The number of aliphatic hydroxyl groups is 1. The Labute approximate surface area is 144 Å². The number of carbonyl (C=O) groups is 1. The van der Waals surface area contributed by atoms with Gasteiger partial charge in [0.05, 0.1) is 25.4 Å². The second kappa shape index (κ2) is 8.60. The predicted molar refractivity (Wildman–Crippen MR) is 92.8 cm³/mol. The predicted octanol–water partition coefficient (Wildman–Crippen LogP) is 1.30. The van der Waals surface area contributed by atoms with E-state index in [0.717, 1.165) is 45.6 Å². The first-order valence-electron chi connectivity index (χ1n) is 9.05. The second-order valence-electron chi connectivity index (χ2n) is 6.77. The van der Waals surface area contributed by atoms with E-state index in [1.54, 1.807) is 0 Å². The van der Waals surface area contributed by atoms with Crippen molar-refractivity contribution >= 4 is 5.91 Å². The number of likely N-dealkylation sites (tertiary alicyclic amines) is 1. The number of morpholine rings is 1. The zero-order valence-corrected chi connectivity index (χ0v) is 14.3. The van der Waals surface area contributed by atoms with E-state index in [4.69, 9.17) is 4.74 Å². The zero-order chi connectivity index (χ0) is 16.8. The lowest BCUT2D eigenvalue weighted by molar-refractivity contribution is -0.130. The largest absolute Gasteiger partial charge is 0.390 e. The molecule has 0 aromatic heterocycles. The molecule has 5 heteroatoms. The number of hydrogen-bond acceptors (Lipinski definition) is 4. The van der Waals surface area contributed by atoms with Crippen molar-refractivity contribution in [2.45, 2.75) is 37.8 Å². The topological polar surface area (TPSA) is 53.0 Å². The van der Waals surface area contributed by atoms with Crippen molar-refractivity contribution in [1.82, 2.24) is 9.80 Å². The minimum Gasteiger partial charge on any atom is -0.390 e. The van der Waals surface area contributed by atoms with Gasteiger partial charge >= 0.3 is 0 Å². The quantitative estimate of drug-likeness (QED) is 0.798. The summed E-state index contributed by atoms with van der Waals surface area (Å²) in [7, 11) is 0. The monoisotopic (exact) mass is 332 g/mol. The molecule has 2 saturated heterocycles. The molecular formula is C19H28N2O3. The molecular weight excluding hydrogens is 304 g/mol. The fourth-order valence-electron chi connectivity index (χ4n) is 3.65. The van der Waals surface area contributed by atoms with Crippen molar-refractivity contribution < 1.29 is 14.6 Å². The normalized spacial score (nSPS) is 25.1. The molecule has 132 valence electrons. The van der Waals surface area contributed by atoms with E-state index in [0.29, 0.717) is 19.5 Å². The van der Waals surface area contributed by atoms with Crippen LogP contribution in [0.4, 0.5) is 0 Å². The van der Waals surface area contributed by atoms with E-state index in [-0.39, 0.29) is 11.9 Å². The Balaban J connectivity index is 1.39. The number of nitrogens with zero attached hydrogens (tertiary/aromatic N) is 2. The number of aryl methyl sites for hydroxylation is 1. The first-order chi connectivity index (χ1) is 11.7. The van der Waals surface area contributed by atoms with Crippen LogP contribution < -0.4 is 0 Å². The maximum absolute atomic E-state index is 12.4. The van der Waals surface area contributed by atoms with Gasteiger partial charge in [-0.1, -0.05) is 30.3 Å². The smallest absolute Gasteiger partial charge is 0.222 e. The number of aliphatic hydroxyl groups excluding tert-OH is 1. The van der Waals surface area contributed by atoms with Gasteiger partial charge in [-0.2, -0.15) is 0 Å². The van der Waals surface area contributed by atoms with E-state index >= 15 is 0 Å². The highest BCUT2D eigenvalue weighted by molar-refractivity contribution is 5.76. The first-order valence-corrected chi connectivity index (χ1v) is 9.05. The Morgan fingerprint density at radius 3 is 2.62 bits per heavy atom. The standard InChI is InChI=1S/C19H28N2O3/c22-18-15-21(14-17(18)20-10-12-24-13-11-20)19(23)9-5-4-8-16-6-2-1-3-7-16/h1-3,6-7,17-18,22H,4-5,8-15H2/t17-,18-/m0/s1. The van der Waals surface area contributed by atoms with Gasteiger partial charge in [0.1, 0.15) is 0 Å². The molecule has 1 aromatic rings. The highest BCUT2D eigenvalue weighted by atomic mass is 16.5. The molecule has 1 aromatic carbocycles. The van der Waals surface area contributed by atoms with Crippen molar-refractivity contribution in [3.05, 3.63) is 35.9 Å². The first kappa shape index (κ1) is 17.4. The van der Waals surface area contributed by atoms with Gasteiger partial charge in [0, 0.05) is 32.6 Å². The average Bonchev–Trinajstić information content (AvgIpc) is 3.02. The number of benzene rings is 1. The minimum atomic E-state index is -0.434. The summed E-state index contributed by atoms with van der Waals surface area (Å²) in [5.74, 6) is 0.179. The van der Waals surface area contributed by atoms with E-state index in [1.807, 2.05) is 11.0 Å². The van der Waals surface area contributed by atoms with Gasteiger partial charge in [-0.3, -0.25) is 9.69 Å². The van der Waals surface area contributed by atoms with Gasteiger partial charge in [-0.25, -0.2) is 0 Å². The molecule has 1 N–H and O–H groups in total. The lowest BCUT2D eigenvalue weighted by Crippen LogP contribution is -2.49. The van der Waals surface area contributed by atoms with Crippen LogP contribution in [-0.4, -0.2) is 72.4 Å². The molecule has 0 saturated carbocycles. The molecule has 2 fully saturated rings. The van der Waals surface area contributed by atoms with Crippen LogP contribution >= 0.6 is 0 Å². The van der Waals surface area contributed by atoms with Crippen molar-refractivity contribution in [3.63, 3.8) is 0 Å². The maximum Gasteiger partial charge on any atom is 0.222 e. The highest BCUT2D eigenvalue weighted by Crippen LogP contribution is 2.19. The lowest BCUT2D eigenvalue weighted by atomic mass is 10.1. The summed E-state index contributed by atoms with van der Waals surface area (Å²) in [6, 6.07) is 10.5.